The summed E-state index contributed by atoms with van der Waals surface area (Å²) in [6.07, 6.45) is 3.55. The minimum atomic E-state index is -3.47. The second kappa shape index (κ2) is 8.40. The number of rotatable bonds is 7. The van der Waals surface area contributed by atoms with Crippen LogP contribution in [0.15, 0.2) is 41.1 Å². The number of thiophene rings is 1. The molecule has 4 nitrogen and oxygen atoms in total. The average Bonchev–Trinajstić information content (AvgIpc) is 3.12. The van der Waals surface area contributed by atoms with Crippen LogP contribution in [-0.2, 0) is 15.8 Å². The number of halogens is 1. The van der Waals surface area contributed by atoms with Gasteiger partial charge in [0.2, 0.25) is 10.0 Å². The van der Waals surface area contributed by atoms with Crippen LogP contribution in [0.5, 0.6) is 0 Å². The van der Waals surface area contributed by atoms with Gasteiger partial charge in [0.05, 0.1) is 5.75 Å². The number of sulfonamides is 1. The Morgan fingerprint density at radius 3 is 2.48 bits per heavy atom. The zero-order valence-corrected chi connectivity index (χ0v) is 15.7. The van der Waals surface area contributed by atoms with Crippen molar-refractivity contribution in [2.75, 3.05) is 19.6 Å². The van der Waals surface area contributed by atoms with Crippen LogP contribution in [0.4, 0.5) is 4.39 Å². The standard InChI is InChI=1S/C18H23FN2O2S2/c19-17-6-4-15(5-7-17)14-25(22,23)20-12-18(16-8-11-24-13-16)21-9-2-1-3-10-21/h4-8,11,13,18,20H,1-3,9-10,12,14H2. The third kappa shape index (κ3) is 5.34. The van der Waals surface area contributed by atoms with Gasteiger partial charge >= 0.3 is 0 Å². The van der Waals surface area contributed by atoms with Gasteiger partial charge in [0.15, 0.2) is 0 Å². The molecule has 1 aliphatic heterocycles. The van der Waals surface area contributed by atoms with Crippen molar-refractivity contribution in [2.24, 2.45) is 0 Å². The maximum atomic E-state index is 13.0. The summed E-state index contributed by atoms with van der Waals surface area (Å²) in [6.45, 7) is 2.36. The van der Waals surface area contributed by atoms with E-state index in [0.29, 0.717) is 12.1 Å². The van der Waals surface area contributed by atoms with E-state index in [0.717, 1.165) is 31.5 Å². The van der Waals surface area contributed by atoms with E-state index in [1.54, 1.807) is 11.3 Å². The van der Waals surface area contributed by atoms with E-state index >= 15 is 0 Å². The molecule has 1 aliphatic rings. The highest BCUT2D eigenvalue weighted by atomic mass is 32.2. The fraction of sp³-hybridized carbons (Fsp3) is 0.444. The van der Waals surface area contributed by atoms with Crippen molar-refractivity contribution in [3.05, 3.63) is 58.0 Å². The predicted molar refractivity (Wildman–Crippen MR) is 99.5 cm³/mol. The molecule has 0 radical (unpaired) electrons. The molecule has 1 atom stereocenters. The van der Waals surface area contributed by atoms with E-state index in [4.69, 9.17) is 0 Å². The monoisotopic (exact) mass is 382 g/mol. The minimum absolute atomic E-state index is 0.0644. The molecular formula is C18H23FN2O2S2. The van der Waals surface area contributed by atoms with Crippen molar-refractivity contribution in [1.29, 1.82) is 0 Å². The van der Waals surface area contributed by atoms with Crippen LogP contribution in [0.3, 0.4) is 0 Å². The summed E-state index contributed by atoms with van der Waals surface area (Å²) in [4.78, 5) is 2.37. The van der Waals surface area contributed by atoms with Gasteiger partial charge in [0.25, 0.3) is 0 Å². The van der Waals surface area contributed by atoms with E-state index < -0.39 is 10.0 Å². The van der Waals surface area contributed by atoms with E-state index in [9.17, 15) is 12.8 Å². The van der Waals surface area contributed by atoms with Crippen LogP contribution >= 0.6 is 11.3 Å². The van der Waals surface area contributed by atoms with E-state index in [2.05, 4.69) is 21.1 Å². The molecule has 3 rings (SSSR count). The van der Waals surface area contributed by atoms with Crippen LogP contribution in [0.2, 0.25) is 0 Å². The van der Waals surface area contributed by atoms with Gasteiger partial charge in [-0.1, -0.05) is 18.6 Å². The smallest absolute Gasteiger partial charge is 0.215 e. The number of hydrogen-bond donors (Lipinski definition) is 1. The summed E-state index contributed by atoms with van der Waals surface area (Å²) < 4.78 is 40.6. The van der Waals surface area contributed by atoms with Gasteiger partial charge in [-0.15, -0.1) is 0 Å². The molecule has 25 heavy (non-hydrogen) atoms. The number of hydrogen-bond acceptors (Lipinski definition) is 4. The number of piperidine rings is 1. The molecule has 0 spiro atoms. The fourth-order valence-corrected chi connectivity index (χ4v) is 5.06. The van der Waals surface area contributed by atoms with Crippen molar-refractivity contribution in [3.63, 3.8) is 0 Å². The lowest BCUT2D eigenvalue weighted by molar-refractivity contribution is 0.165. The third-order valence-electron chi connectivity index (χ3n) is 4.53. The quantitative estimate of drug-likeness (QED) is 0.797. The highest BCUT2D eigenvalue weighted by molar-refractivity contribution is 7.88. The fourth-order valence-electron chi connectivity index (χ4n) is 3.21. The summed E-state index contributed by atoms with van der Waals surface area (Å²) in [6, 6.07) is 7.72. The third-order valence-corrected chi connectivity index (χ3v) is 6.55. The van der Waals surface area contributed by atoms with Gasteiger partial charge < -0.3 is 0 Å². The Morgan fingerprint density at radius 2 is 1.84 bits per heavy atom. The molecule has 0 bridgehead atoms. The lowest BCUT2D eigenvalue weighted by atomic mass is 10.0. The van der Waals surface area contributed by atoms with Crippen LogP contribution in [-0.4, -0.2) is 33.0 Å². The van der Waals surface area contributed by atoms with Gasteiger partial charge in [0, 0.05) is 12.6 Å². The lowest BCUT2D eigenvalue weighted by Gasteiger charge is -2.34. The molecule has 1 fully saturated rings. The summed E-state index contributed by atoms with van der Waals surface area (Å²) >= 11 is 1.63. The Labute approximate surface area is 152 Å². The Kier molecular flexibility index (Phi) is 6.22. The zero-order chi connectivity index (χ0) is 17.7. The van der Waals surface area contributed by atoms with E-state index in [1.807, 2.05) is 5.38 Å². The summed E-state index contributed by atoms with van der Waals surface area (Å²) in [5.74, 6) is -0.499. The summed E-state index contributed by atoms with van der Waals surface area (Å²) in [5.41, 5.74) is 1.75. The number of benzene rings is 1. The number of nitrogens with one attached hydrogen (secondary N) is 1. The number of likely N-dealkylation sites (tertiary alicyclic amines) is 1. The summed E-state index contributed by atoms with van der Waals surface area (Å²) in [7, 11) is -3.47. The SMILES string of the molecule is O=S(=O)(Cc1ccc(F)cc1)NCC(c1ccsc1)N1CCCCC1. The van der Waals surface area contributed by atoms with Crippen molar-refractivity contribution in [1.82, 2.24) is 9.62 Å². The van der Waals surface area contributed by atoms with Gasteiger partial charge in [-0.25, -0.2) is 17.5 Å². The van der Waals surface area contributed by atoms with Crippen LogP contribution in [0.25, 0.3) is 0 Å². The molecule has 0 aliphatic carbocycles. The molecule has 0 amide bonds. The van der Waals surface area contributed by atoms with Crippen molar-refractivity contribution in [2.45, 2.75) is 31.1 Å². The van der Waals surface area contributed by atoms with Gasteiger partial charge in [-0.2, -0.15) is 11.3 Å². The van der Waals surface area contributed by atoms with Gasteiger partial charge in [-0.3, -0.25) is 4.90 Å². The van der Waals surface area contributed by atoms with Crippen molar-refractivity contribution < 1.29 is 12.8 Å². The molecule has 2 heterocycles. The normalized spacial score (nSPS) is 17.5. The molecule has 1 aromatic heterocycles. The first-order valence-corrected chi connectivity index (χ1v) is 11.1. The largest absolute Gasteiger partial charge is 0.295 e. The molecule has 2 aromatic rings. The highest BCUT2D eigenvalue weighted by Gasteiger charge is 2.24. The first-order valence-electron chi connectivity index (χ1n) is 8.51. The molecular weight excluding hydrogens is 359 g/mol. The van der Waals surface area contributed by atoms with Crippen molar-refractivity contribution >= 4 is 21.4 Å². The Balaban J connectivity index is 1.66. The van der Waals surface area contributed by atoms with Gasteiger partial charge in [-0.05, 0) is 66.0 Å². The maximum Gasteiger partial charge on any atom is 0.215 e. The summed E-state index contributed by atoms with van der Waals surface area (Å²) in [5, 5.41) is 4.12. The lowest BCUT2D eigenvalue weighted by Crippen LogP contribution is -2.40. The van der Waals surface area contributed by atoms with Crippen LogP contribution in [0, 0.1) is 5.82 Å². The second-order valence-corrected chi connectivity index (χ2v) is 8.99. The number of nitrogens with zero attached hydrogens (tertiary/aromatic N) is 1. The Hall–Kier alpha value is -1.28. The topological polar surface area (TPSA) is 49.4 Å². The minimum Gasteiger partial charge on any atom is -0.295 e. The van der Waals surface area contributed by atoms with Crippen LogP contribution < -0.4 is 4.72 Å². The molecule has 1 unspecified atom stereocenters. The first-order chi connectivity index (χ1) is 12.0. The molecule has 1 saturated heterocycles. The van der Waals surface area contributed by atoms with Crippen molar-refractivity contribution in [3.8, 4) is 0 Å². The van der Waals surface area contributed by atoms with E-state index in [1.165, 1.54) is 30.7 Å². The molecule has 1 N–H and O–H groups in total. The molecule has 0 saturated carbocycles. The zero-order valence-electron chi connectivity index (χ0n) is 14.0. The maximum absolute atomic E-state index is 13.0. The molecule has 7 heteroatoms. The first kappa shape index (κ1) is 18.5. The second-order valence-electron chi connectivity index (χ2n) is 6.40. The Bertz CT molecular complexity index is 755. The van der Waals surface area contributed by atoms with E-state index in [-0.39, 0.29) is 17.6 Å². The predicted octanol–water partition coefficient (Wildman–Crippen LogP) is 3.53. The van der Waals surface area contributed by atoms with Gasteiger partial charge in [0.1, 0.15) is 5.82 Å². The van der Waals surface area contributed by atoms with Crippen LogP contribution in [0.1, 0.15) is 36.4 Å². The highest BCUT2D eigenvalue weighted by Crippen LogP contribution is 2.26. The average molecular weight is 383 g/mol. The molecule has 136 valence electrons. The molecule has 1 aromatic carbocycles. The Morgan fingerprint density at radius 1 is 1.12 bits per heavy atom.